The van der Waals surface area contributed by atoms with E-state index in [1.165, 1.54) is 0 Å². The largest absolute Gasteiger partial charge is 0.368 e. The smallest absolute Gasteiger partial charge is 0.238 e. The van der Waals surface area contributed by atoms with Crippen LogP contribution < -0.4 is 5.73 Å². The van der Waals surface area contributed by atoms with Crippen LogP contribution in [-0.4, -0.2) is 5.91 Å². The third-order valence-corrected chi connectivity index (χ3v) is 2.27. The Kier molecular flexibility index (Phi) is 3.75. The van der Waals surface area contributed by atoms with Crippen LogP contribution in [0.15, 0.2) is 0 Å². The highest BCUT2D eigenvalue weighted by atomic mass is 16.1. The maximum atomic E-state index is 11.1. The summed E-state index contributed by atoms with van der Waals surface area (Å²) in [7, 11) is 0. The molecule has 2 N–H and O–H groups in total. The Bertz CT molecular complexity index is 205. The number of hydrogen-bond donors (Lipinski definition) is 1. The summed E-state index contributed by atoms with van der Waals surface area (Å²) in [5, 5.41) is 8.90. The van der Waals surface area contributed by atoms with E-state index in [1.807, 2.05) is 26.8 Å². The standard InChI is InChI=1S/C9H16N2O/c1-4-5-9(6-10,7(2)3)8(11)12/h7H,4-5H2,1-3H3,(H2,11,12). The van der Waals surface area contributed by atoms with Crippen molar-refractivity contribution >= 4 is 5.91 Å². The molecule has 0 fully saturated rings. The second-order valence-electron chi connectivity index (χ2n) is 3.35. The third-order valence-electron chi connectivity index (χ3n) is 2.27. The minimum Gasteiger partial charge on any atom is -0.368 e. The van der Waals surface area contributed by atoms with Crippen molar-refractivity contribution in [2.45, 2.75) is 33.6 Å². The summed E-state index contributed by atoms with van der Waals surface area (Å²) in [5.41, 5.74) is 4.24. The van der Waals surface area contributed by atoms with Crippen molar-refractivity contribution < 1.29 is 4.79 Å². The Labute approximate surface area is 73.6 Å². The van der Waals surface area contributed by atoms with E-state index >= 15 is 0 Å². The van der Waals surface area contributed by atoms with Gasteiger partial charge in [-0.3, -0.25) is 4.79 Å². The number of amides is 1. The molecule has 0 aromatic rings. The van der Waals surface area contributed by atoms with Crippen LogP contribution in [0.2, 0.25) is 0 Å². The highest BCUT2D eigenvalue weighted by molar-refractivity contribution is 5.84. The first-order chi connectivity index (χ1) is 5.51. The zero-order valence-electron chi connectivity index (χ0n) is 7.92. The molecule has 1 unspecified atom stereocenters. The number of nitrogens with zero attached hydrogens (tertiary/aromatic N) is 1. The van der Waals surface area contributed by atoms with Gasteiger partial charge in [0.05, 0.1) is 6.07 Å². The molecule has 1 amide bonds. The highest BCUT2D eigenvalue weighted by Gasteiger charge is 2.39. The van der Waals surface area contributed by atoms with E-state index in [0.717, 1.165) is 6.42 Å². The lowest BCUT2D eigenvalue weighted by molar-refractivity contribution is -0.127. The molecule has 0 spiro atoms. The van der Waals surface area contributed by atoms with Crippen molar-refractivity contribution in [2.75, 3.05) is 0 Å². The fraction of sp³-hybridized carbons (Fsp3) is 0.778. The molecule has 0 aliphatic carbocycles. The summed E-state index contributed by atoms with van der Waals surface area (Å²) in [4.78, 5) is 11.1. The quantitative estimate of drug-likeness (QED) is 0.690. The fourth-order valence-electron chi connectivity index (χ4n) is 1.33. The van der Waals surface area contributed by atoms with Gasteiger partial charge in [0, 0.05) is 0 Å². The fourth-order valence-corrected chi connectivity index (χ4v) is 1.33. The van der Waals surface area contributed by atoms with E-state index in [1.54, 1.807) is 0 Å². The van der Waals surface area contributed by atoms with Gasteiger partial charge in [0.1, 0.15) is 5.41 Å². The Morgan fingerprint density at radius 3 is 2.25 bits per heavy atom. The Morgan fingerprint density at radius 1 is 1.67 bits per heavy atom. The third kappa shape index (κ3) is 1.76. The molecule has 0 aliphatic heterocycles. The second-order valence-corrected chi connectivity index (χ2v) is 3.35. The van der Waals surface area contributed by atoms with Crippen molar-refractivity contribution in [1.29, 1.82) is 5.26 Å². The van der Waals surface area contributed by atoms with Crippen molar-refractivity contribution in [3.05, 3.63) is 0 Å². The normalized spacial score (nSPS) is 15.2. The molecule has 0 rings (SSSR count). The predicted octanol–water partition coefficient (Wildman–Crippen LogP) is 1.44. The Hall–Kier alpha value is -1.04. The average molecular weight is 168 g/mol. The van der Waals surface area contributed by atoms with Crippen LogP contribution >= 0.6 is 0 Å². The van der Waals surface area contributed by atoms with Gasteiger partial charge in [0.15, 0.2) is 0 Å². The molecule has 3 nitrogen and oxygen atoms in total. The van der Waals surface area contributed by atoms with Gasteiger partial charge in [-0.05, 0) is 12.3 Å². The van der Waals surface area contributed by atoms with Gasteiger partial charge in [-0.1, -0.05) is 27.2 Å². The molecule has 1 atom stereocenters. The van der Waals surface area contributed by atoms with Crippen molar-refractivity contribution in [3.63, 3.8) is 0 Å². The van der Waals surface area contributed by atoms with Gasteiger partial charge < -0.3 is 5.73 Å². The molecule has 0 bridgehead atoms. The summed E-state index contributed by atoms with van der Waals surface area (Å²) >= 11 is 0. The van der Waals surface area contributed by atoms with E-state index in [2.05, 4.69) is 0 Å². The summed E-state index contributed by atoms with van der Waals surface area (Å²) in [6.07, 6.45) is 1.35. The molecule has 0 aromatic heterocycles. The van der Waals surface area contributed by atoms with E-state index in [-0.39, 0.29) is 5.92 Å². The van der Waals surface area contributed by atoms with Gasteiger partial charge >= 0.3 is 0 Å². The van der Waals surface area contributed by atoms with E-state index in [4.69, 9.17) is 11.0 Å². The Balaban J connectivity index is 4.80. The number of nitrogens with two attached hydrogens (primary N) is 1. The first-order valence-electron chi connectivity index (χ1n) is 4.22. The van der Waals surface area contributed by atoms with E-state index in [0.29, 0.717) is 6.42 Å². The molecule has 0 aliphatic rings. The molecule has 0 saturated heterocycles. The second kappa shape index (κ2) is 4.10. The van der Waals surface area contributed by atoms with Gasteiger partial charge in [-0.15, -0.1) is 0 Å². The zero-order chi connectivity index (χ0) is 9.78. The highest BCUT2D eigenvalue weighted by Crippen LogP contribution is 2.31. The molecule has 0 heterocycles. The summed E-state index contributed by atoms with van der Waals surface area (Å²) < 4.78 is 0. The van der Waals surface area contributed by atoms with Crippen molar-refractivity contribution in [1.82, 2.24) is 0 Å². The van der Waals surface area contributed by atoms with Gasteiger partial charge in [-0.2, -0.15) is 5.26 Å². The topological polar surface area (TPSA) is 66.9 Å². The predicted molar refractivity (Wildman–Crippen MR) is 47.0 cm³/mol. The number of carbonyl (C=O) groups excluding carboxylic acids is 1. The average Bonchev–Trinajstić information content (AvgIpc) is 1.98. The van der Waals surface area contributed by atoms with Crippen LogP contribution in [0.5, 0.6) is 0 Å². The minimum atomic E-state index is -0.964. The van der Waals surface area contributed by atoms with Gasteiger partial charge in [-0.25, -0.2) is 0 Å². The van der Waals surface area contributed by atoms with Gasteiger partial charge in [0.2, 0.25) is 5.91 Å². The molecule has 0 aromatic carbocycles. The first-order valence-corrected chi connectivity index (χ1v) is 4.22. The number of hydrogen-bond acceptors (Lipinski definition) is 2. The SMILES string of the molecule is CCCC(C#N)(C(N)=O)C(C)C. The minimum absolute atomic E-state index is 0.0139. The molecule has 3 heteroatoms. The van der Waals surface area contributed by atoms with E-state index < -0.39 is 11.3 Å². The van der Waals surface area contributed by atoms with Crippen molar-refractivity contribution in [3.8, 4) is 6.07 Å². The molecule has 0 radical (unpaired) electrons. The Morgan fingerprint density at radius 2 is 2.17 bits per heavy atom. The maximum Gasteiger partial charge on any atom is 0.238 e. The first kappa shape index (κ1) is 11.0. The summed E-state index contributed by atoms with van der Waals surface area (Å²) in [5.74, 6) is -0.512. The number of rotatable bonds is 4. The summed E-state index contributed by atoms with van der Waals surface area (Å²) in [6, 6.07) is 2.04. The lowest BCUT2D eigenvalue weighted by atomic mass is 9.74. The monoisotopic (exact) mass is 168 g/mol. The van der Waals surface area contributed by atoms with Crippen LogP contribution in [0.1, 0.15) is 33.6 Å². The lowest BCUT2D eigenvalue weighted by Gasteiger charge is -2.26. The zero-order valence-corrected chi connectivity index (χ0v) is 7.92. The summed E-state index contributed by atoms with van der Waals surface area (Å²) in [6.45, 7) is 5.64. The maximum absolute atomic E-state index is 11.1. The van der Waals surface area contributed by atoms with Gasteiger partial charge in [0.25, 0.3) is 0 Å². The van der Waals surface area contributed by atoms with Crippen molar-refractivity contribution in [2.24, 2.45) is 17.1 Å². The number of nitriles is 1. The van der Waals surface area contributed by atoms with E-state index in [9.17, 15) is 4.79 Å². The van der Waals surface area contributed by atoms with Crippen LogP contribution in [0, 0.1) is 22.7 Å². The van der Waals surface area contributed by atoms with Crippen LogP contribution in [0.3, 0.4) is 0 Å². The molecule has 68 valence electrons. The lowest BCUT2D eigenvalue weighted by Crippen LogP contribution is -2.40. The molecular weight excluding hydrogens is 152 g/mol. The molecule has 0 saturated carbocycles. The number of carbonyl (C=O) groups is 1. The van der Waals surface area contributed by atoms with Crippen LogP contribution in [0.4, 0.5) is 0 Å². The van der Waals surface area contributed by atoms with Crippen LogP contribution in [0.25, 0.3) is 0 Å². The van der Waals surface area contributed by atoms with Crippen LogP contribution in [-0.2, 0) is 4.79 Å². The molecular formula is C9H16N2O. The number of primary amides is 1. The molecule has 12 heavy (non-hydrogen) atoms.